The molecule has 0 amide bonds. The minimum Gasteiger partial charge on any atom is -0.465 e. The minimum atomic E-state index is -0.968. The molecule has 1 N–H and O–H groups in total. The summed E-state index contributed by atoms with van der Waals surface area (Å²) < 4.78 is 10.3. The van der Waals surface area contributed by atoms with E-state index in [1.807, 2.05) is 44.3 Å². The molecule has 2 aromatic rings. The summed E-state index contributed by atoms with van der Waals surface area (Å²) in [5, 5.41) is 1.01. The van der Waals surface area contributed by atoms with E-state index in [0.717, 1.165) is 16.5 Å². The van der Waals surface area contributed by atoms with Crippen molar-refractivity contribution in [2.45, 2.75) is 33.6 Å². The first-order valence-corrected chi connectivity index (χ1v) is 8.40. The van der Waals surface area contributed by atoms with Gasteiger partial charge in [0.05, 0.1) is 13.2 Å². The third-order valence-corrected chi connectivity index (χ3v) is 4.14. The van der Waals surface area contributed by atoms with Crippen molar-refractivity contribution in [1.82, 2.24) is 4.98 Å². The van der Waals surface area contributed by atoms with Crippen LogP contribution in [0.15, 0.2) is 30.5 Å². The standard InChI is InChI=1S/C19H25NO4/c1-5-23-18(21)17(19(22)24-6-2)16(12(3)4)14-11-20-15-10-8-7-9-13(14)15/h7-12,16-17,20H,5-6H2,1-4H3. The molecule has 0 saturated carbocycles. The van der Waals surface area contributed by atoms with Crippen molar-refractivity contribution in [3.63, 3.8) is 0 Å². The highest BCUT2D eigenvalue weighted by Gasteiger charge is 2.40. The number of para-hydroxylation sites is 1. The molecule has 1 aromatic heterocycles. The van der Waals surface area contributed by atoms with E-state index in [4.69, 9.17) is 9.47 Å². The van der Waals surface area contributed by atoms with E-state index in [9.17, 15) is 9.59 Å². The van der Waals surface area contributed by atoms with Crippen molar-refractivity contribution in [3.05, 3.63) is 36.0 Å². The molecule has 1 aromatic carbocycles. The summed E-state index contributed by atoms with van der Waals surface area (Å²) in [5.74, 6) is -2.29. The number of ether oxygens (including phenoxy) is 2. The van der Waals surface area contributed by atoms with Gasteiger partial charge in [0.2, 0.25) is 0 Å². The molecule has 24 heavy (non-hydrogen) atoms. The van der Waals surface area contributed by atoms with Crippen LogP contribution in [0.4, 0.5) is 0 Å². The molecule has 0 radical (unpaired) electrons. The Kier molecular flexibility index (Phi) is 6.01. The van der Waals surface area contributed by atoms with Crippen LogP contribution >= 0.6 is 0 Å². The summed E-state index contributed by atoms with van der Waals surface area (Å²) >= 11 is 0. The predicted molar refractivity (Wildman–Crippen MR) is 92.6 cm³/mol. The van der Waals surface area contributed by atoms with Gasteiger partial charge < -0.3 is 14.5 Å². The van der Waals surface area contributed by atoms with Crippen LogP contribution in [0.1, 0.15) is 39.2 Å². The first-order chi connectivity index (χ1) is 11.5. The van der Waals surface area contributed by atoms with E-state index in [1.54, 1.807) is 13.8 Å². The number of fused-ring (bicyclic) bond motifs is 1. The normalized spacial score (nSPS) is 12.6. The molecule has 1 unspecified atom stereocenters. The van der Waals surface area contributed by atoms with Crippen LogP contribution in [0.3, 0.4) is 0 Å². The van der Waals surface area contributed by atoms with Crippen molar-refractivity contribution in [3.8, 4) is 0 Å². The van der Waals surface area contributed by atoms with E-state index < -0.39 is 17.9 Å². The maximum absolute atomic E-state index is 12.5. The zero-order chi connectivity index (χ0) is 17.7. The molecule has 0 aliphatic heterocycles. The Labute approximate surface area is 142 Å². The molecule has 0 saturated heterocycles. The van der Waals surface area contributed by atoms with Crippen molar-refractivity contribution in [1.29, 1.82) is 0 Å². The summed E-state index contributed by atoms with van der Waals surface area (Å²) in [5.41, 5.74) is 1.91. The molecule has 1 heterocycles. The number of H-pyrrole nitrogens is 1. The molecular weight excluding hydrogens is 306 g/mol. The fourth-order valence-electron chi connectivity index (χ4n) is 3.15. The van der Waals surface area contributed by atoms with Crippen molar-refractivity contribution in [2.24, 2.45) is 11.8 Å². The van der Waals surface area contributed by atoms with Crippen LogP contribution in [0.5, 0.6) is 0 Å². The monoisotopic (exact) mass is 331 g/mol. The van der Waals surface area contributed by atoms with E-state index in [-0.39, 0.29) is 25.0 Å². The number of benzene rings is 1. The highest BCUT2D eigenvalue weighted by molar-refractivity contribution is 5.97. The van der Waals surface area contributed by atoms with Gasteiger partial charge in [-0.05, 0) is 31.4 Å². The van der Waals surface area contributed by atoms with Gasteiger partial charge in [0, 0.05) is 23.0 Å². The maximum Gasteiger partial charge on any atom is 0.320 e. The van der Waals surface area contributed by atoms with Gasteiger partial charge >= 0.3 is 11.9 Å². The lowest BCUT2D eigenvalue weighted by atomic mass is 9.78. The average molecular weight is 331 g/mol. The smallest absolute Gasteiger partial charge is 0.320 e. The van der Waals surface area contributed by atoms with Gasteiger partial charge in [0.25, 0.3) is 0 Å². The van der Waals surface area contributed by atoms with E-state index >= 15 is 0 Å². The van der Waals surface area contributed by atoms with Crippen LogP contribution in [-0.4, -0.2) is 30.1 Å². The van der Waals surface area contributed by atoms with E-state index in [2.05, 4.69) is 4.98 Å². The Balaban J connectivity index is 2.52. The second-order valence-corrected chi connectivity index (χ2v) is 6.04. The molecule has 0 spiro atoms. The van der Waals surface area contributed by atoms with Gasteiger partial charge in [-0.2, -0.15) is 0 Å². The summed E-state index contributed by atoms with van der Waals surface area (Å²) in [7, 11) is 0. The Morgan fingerprint density at radius 1 is 1.04 bits per heavy atom. The SMILES string of the molecule is CCOC(=O)C(C(=O)OCC)C(c1c[nH]c2ccccc12)C(C)C. The number of aromatic amines is 1. The molecular formula is C19H25NO4. The zero-order valence-electron chi connectivity index (χ0n) is 14.7. The summed E-state index contributed by atoms with van der Waals surface area (Å²) in [6, 6.07) is 7.85. The van der Waals surface area contributed by atoms with E-state index in [1.165, 1.54) is 0 Å². The van der Waals surface area contributed by atoms with Gasteiger partial charge in [-0.25, -0.2) is 0 Å². The number of aromatic nitrogens is 1. The molecule has 0 fully saturated rings. The lowest BCUT2D eigenvalue weighted by Crippen LogP contribution is -2.35. The molecule has 5 heteroatoms. The first kappa shape index (κ1) is 18.0. The fourth-order valence-corrected chi connectivity index (χ4v) is 3.15. The molecule has 0 aliphatic carbocycles. The largest absolute Gasteiger partial charge is 0.465 e. The quantitative estimate of drug-likeness (QED) is 0.621. The third-order valence-electron chi connectivity index (χ3n) is 4.14. The molecule has 5 nitrogen and oxygen atoms in total. The average Bonchev–Trinajstić information content (AvgIpc) is 2.96. The van der Waals surface area contributed by atoms with Crippen LogP contribution in [-0.2, 0) is 19.1 Å². The highest BCUT2D eigenvalue weighted by Crippen LogP contribution is 2.37. The number of hydrogen-bond donors (Lipinski definition) is 1. The van der Waals surface area contributed by atoms with Crippen LogP contribution in [0, 0.1) is 11.8 Å². The zero-order valence-corrected chi connectivity index (χ0v) is 14.7. The first-order valence-electron chi connectivity index (χ1n) is 8.40. The lowest BCUT2D eigenvalue weighted by molar-refractivity contribution is -0.163. The second-order valence-electron chi connectivity index (χ2n) is 6.04. The fraction of sp³-hybridized carbons (Fsp3) is 0.474. The number of carbonyl (C=O) groups is 2. The van der Waals surface area contributed by atoms with Gasteiger partial charge in [0.15, 0.2) is 5.92 Å². The van der Waals surface area contributed by atoms with Crippen molar-refractivity contribution >= 4 is 22.8 Å². The third kappa shape index (κ3) is 3.61. The van der Waals surface area contributed by atoms with Crippen molar-refractivity contribution in [2.75, 3.05) is 13.2 Å². The number of esters is 2. The van der Waals surface area contributed by atoms with Crippen molar-refractivity contribution < 1.29 is 19.1 Å². The van der Waals surface area contributed by atoms with Crippen LogP contribution in [0.2, 0.25) is 0 Å². The number of hydrogen-bond acceptors (Lipinski definition) is 4. The lowest BCUT2D eigenvalue weighted by Gasteiger charge is -2.27. The highest BCUT2D eigenvalue weighted by atomic mass is 16.6. The summed E-state index contributed by atoms with van der Waals surface area (Å²) in [6.45, 7) is 7.92. The van der Waals surface area contributed by atoms with Gasteiger partial charge in [-0.15, -0.1) is 0 Å². The Hall–Kier alpha value is -2.30. The van der Waals surface area contributed by atoms with Gasteiger partial charge in [-0.1, -0.05) is 32.0 Å². The number of rotatable bonds is 7. The topological polar surface area (TPSA) is 68.4 Å². The van der Waals surface area contributed by atoms with Crippen LogP contribution in [0.25, 0.3) is 10.9 Å². The second kappa shape index (κ2) is 7.99. The minimum absolute atomic E-state index is 0.0584. The molecule has 130 valence electrons. The van der Waals surface area contributed by atoms with E-state index in [0.29, 0.717) is 0 Å². The van der Waals surface area contributed by atoms with Gasteiger partial charge in [-0.3, -0.25) is 9.59 Å². The van der Waals surface area contributed by atoms with Crippen LogP contribution < -0.4 is 0 Å². The molecule has 0 aliphatic rings. The number of nitrogens with one attached hydrogen (secondary N) is 1. The Morgan fingerprint density at radius 2 is 1.62 bits per heavy atom. The summed E-state index contributed by atoms with van der Waals surface area (Å²) in [6.07, 6.45) is 1.88. The predicted octanol–water partition coefficient (Wildman–Crippen LogP) is 3.65. The number of carbonyl (C=O) groups excluding carboxylic acids is 2. The molecule has 0 bridgehead atoms. The summed E-state index contributed by atoms with van der Waals surface area (Å²) in [4.78, 5) is 28.2. The molecule has 1 atom stereocenters. The molecule has 2 rings (SSSR count). The maximum atomic E-state index is 12.5. The Morgan fingerprint density at radius 3 is 2.17 bits per heavy atom. The van der Waals surface area contributed by atoms with Gasteiger partial charge in [0.1, 0.15) is 0 Å². The Bertz CT molecular complexity index is 686.